The molecule has 2 atom stereocenters. The number of ether oxygens (including phenoxy) is 1. The van der Waals surface area contributed by atoms with E-state index in [-0.39, 0.29) is 24.3 Å². The van der Waals surface area contributed by atoms with Crippen LogP contribution in [-0.4, -0.2) is 69.1 Å². The SMILES string of the molecule is O=C(CN1CCS(=O)(=O)[C@@H]2COCC[C@H]21)NCC1CCCCC1. The lowest BCUT2D eigenvalue weighted by molar-refractivity contribution is -0.123. The van der Waals surface area contributed by atoms with Crippen molar-refractivity contribution >= 4 is 15.7 Å². The van der Waals surface area contributed by atoms with E-state index in [9.17, 15) is 13.2 Å². The van der Waals surface area contributed by atoms with Gasteiger partial charge in [-0.05, 0) is 25.2 Å². The van der Waals surface area contributed by atoms with Gasteiger partial charge in [0.25, 0.3) is 0 Å². The van der Waals surface area contributed by atoms with Crippen molar-refractivity contribution in [3.05, 3.63) is 0 Å². The van der Waals surface area contributed by atoms with Crippen molar-refractivity contribution < 1.29 is 17.9 Å². The maximum Gasteiger partial charge on any atom is 0.234 e. The summed E-state index contributed by atoms with van der Waals surface area (Å²) in [5.41, 5.74) is 0. The standard InChI is InChI=1S/C16H28N2O4S/c19-16(17-10-13-4-2-1-3-5-13)11-18-7-9-23(20,21)15-12-22-8-6-14(15)18/h13-15H,1-12H2,(H,17,19)/t14-,15-/m1/s1. The number of hydrogen-bond donors (Lipinski definition) is 1. The molecule has 0 radical (unpaired) electrons. The Bertz CT molecular complexity index is 516. The van der Waals surface area contributed by atoms with Gasteiger partial charge in [-0.25, -0.2) is 8.42 Å². The summed E-state index contributed by atoms with van der Waals surface area (Å²) in [6.07, 6.45) is 6.98. The Balaban J connectivity index is 1.51. The van der Waals surface area contributed by atoms with E-state index >= 15 is 0 Å². The minimum atomic E-state index is -3.08. The van der Waals surface area contributed by atoms with Crippen molar-refractivity contribution in [1.82, 2.24) is 10.2 Å². The van der Waals surface area contributed by atoms with Gasteiger partial charge in [-0.1, -0.05) is 19.3 Å². The number of rotatable bonds is 4. The van der Waals surface area contributed by atoms with E-state index in [2.05, 4.69) is 5.32 Å². The molecule has 1 N–H and O–H groups in total. The minimum Gasteiger partial charge on any atom is -0.380 e. The summed E-state index contributed by atoms with van der Waals surface area (Å²) in [6, 6.07) is -0.0667. The lowest BCUT2D eigenvalue weighted by Gasteiger charge is -2.42. The lowest BCUT2D eigenvalue weighted by Crippen LogP contribution is -2.60. The van der Waals surface area contributed by atoms with Gasteiger partial charge < -0.3 is 10.1 Å². The quantitative estimate of drug-likeness (QED) is 0.807. The Hall–Kier alpha value is -0.660. The second kappa shape index (κ2) is 7.49. The first-order valence-electron chi connectivity index (χ1n) is 8.86. The fourth-order valence-corrected chi connectivity index (χ4v) is 5.99. The van der Waals surface area contributed by atoms with Crippen LogP contribution in [0.4, 0.5) is 0 Å². The van der Waals surface area contributed by atoms with Crippen molar-refractivity contribution in [2.75, 3.05) is 38.6 Å². The van der Waals surface area contributed by atoms with Gasteiger partial charge in [-0.15, -0.1) is 0 Å². The molecule has 2 aliphatic heterocycles. The van der Waals surface area contributed by atoms with Gasteiger partial charge in [0, 0.05) is 25.7 Å². The summed E-state index contributed by atoms with van der Waals surface area (Å²) in [5.74, 6) is 0.776. The van der Waals surface area contributed by atoms with Gasteiger partial charge in [0.05, 0.1) is 18.9 Å². The normalized spacial score (nSPS) is 32.2. The van der Waals surface area contributed by atoms with Crippen LogP contribution in [0.25, 0.3) is 0 Å². The second-order valence-electron chi connectivity index (χ2n) is 7.11. The molecular weight excluding hydrogens is 316 g/mol. The summed E-state index contributed by atoms with van der Waals surface area (Å²) >= 11 is 0. The highest BCUT2D eigenvalue weighted by Crippen LogP contribution is 2.26. The first-order valence-corrected chi connectivity index (χ1v) is 10.6. The number of nitrogens with zero attached hydrogens (tertiary/aromatic N) is 1. The van der Waals surface area contributed by atoms with Crippen LogP contribution in [0.5, 0.6) is 0 Å². The molecule has 2 saturated heterocycles. The number of amides is 1. The van der Waals surface area contributed by atoms with Crippen molar-refractivity contribution in [2.45, 2.75) is 49.8 Å². The highest BCUT2D eigenvalue weighted by Gasteiger charge is 2.43. The fraction of sp³-hybridized carbons (Fsp3) is 0.938. The van der Waals surface area contributed by atoms with Crippen LogP contribution in [0.3, 0.4) is 0 Å². The van der Waals surface area contributed by atoms with E-state index in [1.54, 1.807) is 0 Å². The topological polar surface area (TPSA) is 75.7 Å². The molecule has 3 fully saturated rings. The van der Waals surface area contributed by atoms with Crippen LogP contribution in [-0.2, 0) is 19.4 Å². The summed E-state index contributed by atoms with van der Waals surface area (Å²) in [5, 5.41) is 2.59. The van der Waals surface area contributed by atoms with Gasteiger partial charge in [-0.2, -0.15) is 0 Å². The molecule has 132 valence electrons. The Kier molecular flexibility index (Phi) is 5.59. The maximum absolute atomic E-state index is 12.3. The van der Waals surface area contributed by atoms with Crippen LogP contribution in [0, 0.1) is 5.92 Å². The van der Waals surface area contributed by atoms with E-state index in [1.165, 1.54) is 32.1 Å². The Labute approximate surface area is 138 Å². The molecule has 2 heterocycles. The Morgan fingerprint density at radius 3 is 2.74 bits per heavy atom. The zero-order valence-corrected chi connectivity index (χ0v) is 14.5. The van der Waals surface area contributed by atoms with E-state index in [1.807, 2.05) is 4.90 Å². The Morgan fingerprint density at radius 2 is 1.96 bits per heavy atom. The zero-order chi connectivity index (χ0) is 16.3. The molecule has 0 bridgehead atoms. The molecule has 7 heteroatoms. The number of carbonyl (C=O) groups is 1. The molecule has 0 spiro atoms. The molecule has 0 unspecified atom stereocenters. The molecule has 1 saturated carbocycles. The number of sulfone groups is 1. The molecule has 6 nitrogen and oxygen atoms in total. The third-order valence-corrected chi connectivity index (χ3v) is 7.65. The number of nitrogens with one attached hydrogen (secondary N) is 1. The first kappa shape index (κ1) is 17.2. The summed E-state index contributed by atoms with van der Waals surface area (Å²) in [4.78, 5) is 14.3. The lowest BCUT2D eigenvalue weighted by atomic mass is 9.89. The van der Waals surface area contributed by atoms with Gasteiger partial charge in [0.2, 0.25) is 5.91 Å². The van der Waals surface area contributed by atoms with Crippen molar-refractivity contribution in [3.8, 4) is 0 Å². The third kappa shape index (κ3) is 4.25. The molecule has 23 heavy (non-hydrogen) atoms. The van der Waals surface area contributed by atoms with Crippen molar-refractivity contribution in [2.24, 2.45) is 5.92 Å². The van der Waals surface area contributed by atoms with Crippen LogP contribution >= 0.6 is 0 Å². The summed E-state index contributed by atoms with van der Waals surface area (Å²) < 4.78 is 29.7. The van der Waals surface area contributed by atoms with E-state index < -0.39 is 15.1 Å². The molecule has 0 aromatic rings. The highest BCUT2D eigenvalue weighted by atomic mass is 32.2. The second-order valence-corrected chi connectivity index (χ2v) is 9.45. The average Bonchev–Trinajstić information content (AvgIpc) is 2.57. The van der Waals surface area contributed by atoms with Gasteiger partial charge >= 0.3 is 0 Å². The van der Waals surface area contributed by atoms with Gasteiger partial charge in [0.15, 0.2) is 9.84 Å². The van der Waals surface area contributed by atoms with Gasteiger partial charge in [0.1, 0.15) is 5.25 Å². The van der Waals surface area contributed by atoms with Crippen LogP contribution in [0.2, 0.25) is 0 Å². The number of carbonyl (C=O) groups excluding carboxylic acids is 1. The fourth-order valence-electron chi connectivity index (χ4n) is 4.11. The summed E-state index contributed by atoms with van der Waals surface area (Å²) in [7, 11) is -3.08. The predicted molar refractivity (Wildman–Crippen MR) is 88.0 cm³/mol. The van der Waals surface area contributed by atoms with E-state index in [0.717, 1.165) is 6.54 Å². The smallest absolute Gasteiger partial charge is 0.234 e. The van der Waals surface area contributed by atoms with Crippen molar-refractivity contribution in [3.63, 3.8) is 0 Å². The molecule has 1 amide bonds. The number of fused-ring (bicyclic) bond motifs is 1. The first-order chi connectivity index (χ1) is 11.1. The molecular formula is C16H28N2O4S. The van der Waals surface area contributed by atoms with Crippen LogP contribution in [0.15, 0.2) is 0 Å². The van der Waals surface area contributed by atoms with E-state index in [0.29, 0.717) is 32.0 Å². The highest BCUT2D eigenvalue weighted by molar-refractivity contribution is 7.92. The molecule has 3 aliphatic rings. The van der Waals surface area contributed by atoms with Gasteiger partial charge in [-0.3, -0.25) is 9.69 Å². The predicted octanol–water partition coefficient (Wildman–Crippen LogP) is 0.571. The van der Waals surface area contributed by atoms with Crippen molar-refractivity contribution in [1.29, 1.82) is 0 Å². The molecule has 3 rings (SSSR count). The Morgan fingerprint density at radius 1 is 1.17 bits per heavy atom. The minimum absolute atomic E-state index is 0.0279. The van der Waals surface area contributed by atoms with Crippen LogP contribution < -0.4 is 5.32 Å². The monoisotopic (exact) mass is 344 g/mol. The number of hydrogen-bond acceptors (Lipinski definition) is 5. The molecule has 1 aliphatic carbocycles. The largest absolute Gasteiger partial charge is 0.380 e. The van der Waals surface area contributed by atoms with Crippen LogP contribution in [0.1, 0.15) is 38.5 Å². The molecule has 0 aromatic carbocycles. The van der Waals surface area contributed by atoms with E-state index in [4.69, 9.17) is 4.74 Å². The average molecular weight is 344 g/mol. The summed E-state index contributed by atoms with van der Waals surface area (Å²) in [6.45, 7) is 2.38. The molecule has 0 aromatic heterocycles. The zero-order valence-electron chi connectivity index (χ0n) is 13.7. The third-order valence-electron chi connectivity index (χ3n) is 5.52. The maximum atomic E-state index is 12.3.